The van der Waals surface area contributed by atoms with Crippen molar-refractivity contribution in [3.63, 3.8) is 0 Å². The SMILES string of the molecule is COc1ccc(C(C)CN)cc1C(F)(F)F. The zero-order chi connectivity index (χ0) is 12.3. The van der Waals surface area contributed by atoms with Crippen LogP contribution in [0.1, 0.15) is 24.0 Å². The highest BCUT2D eigenvalue weighted by atomic mass is 19.4. The Morgan fingerprint density at radius 1 is 1.38 bits per heavy atom. The molecule has 2 N–H and O–H groups in total. The molecular formula is C11H14F3NO. The molecule has 0 spiro atoms. The Balaban J connectivity index is 3.22. The monoisotopic (exact) mass is 233 g/mol. The standard InChI is InChI=1S/C11H14F3NO/c1-7(6-15)8-3-4-10(16-2)9(5-8)11(12,13)14/h3-5,7H,6,15H2,1-2H3. The molecule has 0 heterocycles. The molecule has 0 aromatic heterocycles. The van der Waals surface area contributed by atoms with Gasteiger partial charge in [-0.05, 0) is 30.2 Å². The largest absolute Gasteiger partial charge is 0.496 e. The van der Waals surface area contributed by atoms with E-state index >= 15 is 0 Å². The lowest BCUT2D eigenvalue weighted by atomic mass is 9.98. The first-order chi connectivity index (χ1) is 7.40. The predicted molar refractivity (Wildman–Crippen MR) is 55.5 cm³/mol. The topological polar surface area (TPSA) is 35.2 Å². The number of methoxy groups -OCH3 is 1. The van der Waals surface area contributed by atoms with Crippen LogP contribution in [0.3, 0.4) is 0 Å². The Labute approximate surface area is 92.2 Å². The molecule has 1 atom stereocenters. The number of hydrogen-bond donors (Lipinski definition) is 1. The van der Waals surface area contributed by atoms with Crippen molar-refractivity contribution in [1.82, 2.24) is 0 Å². The lowest BCUT2D eigenvalue weighted by molar-refractivity contribution is -0.138. The molecule has 1 rings (SSSR count). The molecule has 1 aromatic carbocycles. The van der Waals surface area contributed by atoms with Crippen LogP contribution in [0.4, 0.5) is 13.2 Å². The molecule has 90 valence electrons. The normalized spacial score (nSPS) is 13.6. The molecule has 0 aliphatic rings. The van der Waals surface area contributed by atoms with Crippen molar-refractivity contribution in [1.29, 1.82) is 0 Å². The molecule has 0 aliphatic heterocycles. The van der Waals surface area contributed by atoms with E-state index in [0.29, 0.717) is 12.1 Å². The van der Waals surface area contributed by atoms with Crippen molar-refractivity contribution in [2.24, 2.45) is 5.73 Å². The first kappa shape index (κ1) is 12.8. The fraction of sp³-hybridized carbons (Fsp3) is 0.455. The molecule has 1 aromatic rings. The number of rotatable bonds is 3. The van der Waals surface area contributed by atoms with Gasteiger partial charge in [0.25, 0.3) is 0 Å². The van der Waals surface area contributed by atoms with Gasteiger partial charge in [0.1, 0.15) is 5.75 Å². The van der Waals surface area contributed by atoms with E-state index in [1.54, 1.807) is 13.0 Å². The molecule has 2 nitrogen and oxygen atoms in total. The second-order valence-electron chi connectivity index (χ2n) is 3.59. The van der Waals surface area contributed by atoms with Gasteiger partial charge in [-0.15, -0.1) is 0 Å². The molecular weight excluding hydrogens is 219 g/mol. The molecule has 0 radical (unpaired) electrons. The lowest BCUT2D eigenvalue weighted by Gasteiger charge is -2.15. The van der Waals surface area contributed by atoms with E-state index in [1.807, 2.05) is 0 Å². The summed E-state index contributed by atoms with van der Waals surface area (Å²) < 4.78 is 42.7. The van der Waals surface area contributed by atoms with E-state index < -0.39 is 11.7 Å². The summed E-state index contributed by atoms with van der Waals surface area (Å²) in [7, 11) is 1.22. The molecule has 16 heavy (non-hydrogen) atoms. The van der Waals surface area contributed by atoms with Crippen LogP contribution in [0.25, 0.3) is 0 Å². The van der Waals surface area contributed by atoms with Crippen LogP contribution < -0.4 is 10.5 Å². The molecule has 1 unspecified atom stereocenters. The summed E-state index contributed by atoms with van der Waals surface area (Å²) >= 11 is 0. The maximum absolute atomic E-state index is 12.7. The highest BCUT2D eigenvalue weighted by molar-refractivity contribution is 5.40. The number of benzene rings is 1. The van der Waals surface area contributed by atoms with Crippen LogP contribution in [-0.4, -0.2) is 13.7 Å². The molecule has 5 heteroatoms. The van der Waals surface area contributed by atoms with Crippen LogP contribution in [0, 0.1) is 0 Å². The number of nitrogens with two attached hydrogens (primary N) is 1. The molecule has 0 saturated heterocycles. The van der Waals surface area contributed by atoms with E-state index in [1.165, 1.54) is 13.2 Å². The lowest BCUT2D eigenvalue weighted by Crippen LogP contribution is -2.12. The fourth-order valence-corrected chi connectivity index (χ4v) is 1.39. The summed E-state index contributed by atoms with van der Waals surface area (Å²) in [6.07, 6.45) is -4.41. The molecule has 0 bridgehead atoms. The fourth-order valence-electron chi connectivity index (χ4n) is 1.39. The Morgan fingerprint density at radius 3 is 2.44 bits per heavy atom. The van der Waals surface area contributed by atoms with Gasteiger partial charge in [0, 0.05) is 0 Å². The van der Waals surface area contributed by atoms with Crippen LogP contribution in [0.2, 0.25) is 0 Å². The van der Waals surface area contributed by atoms with Crippen molar-refractivity contribution >= 4 is 0 Å². The summed E-state index contributed by atoms with van der Waals surface area (Å²) in [5.41, 5.74) is 5.23. The first-order valence-electron chi connectivity index (χ1n) is 4.85. The van der Waals surface area contributed by atoms with Crippen LogP contribution >= 0.6 is 0 Å². The minimum absolute atomic E-state index is 0.105. The van der Waals surface area contributed by atoms with Crippen molar-refractivity contribution in [2.75, 3.05) is 13.7 Å². The summed E-state index contributed by atoms with van der Waals surface area (Å²) in [5, 5.41) is 0. The average Bonchev–Trinajstić information content (AvgIpc) is 2.26. The predicted octanol–water partition coefficient (Wildman–Crippen LogP) is 2.78. The maximum Gasteiger partial charge on any atom is 0.419 e. The van der Waals surface area contributed by atoms with Gasteiger partial charge in [-0.3, -0.25) is 0 Å². The zero-order valence-corrected chi connectivity index (χ0v) is 9.14. The molecule has 0 aliphatic carbocycles. The van der Waals surface area contributed by atoms with Gasteiger partial charge in [-0.1, -0.05) is 13.0 Å². The van der Waals surface area contributed by atoms with Crippen molar-refractivity contribution in [2.45, 2.75) is 19.0 Å². The zero-order valence-electron chi connectivity index (χ0n) is 9.14. The molecule has 0 amide bonds. The van der Waals surface area contributed by atoms with Gasteiger partial charge < -0.3 is 10.5 Å². The third-order valence-electron chi connectivity index (χ3n) is 2.45. The van der Waals surface area contributed by atoms with Crippen LogP contribution in [0.5, 0.6) is 5.75 Å². The number of halogens is 3. The van der Waals surface area contributed by atoms with Gasteiger partial charge in [0.05, 0.1) is 12.7 Å². The Bertz CT molecular complexity index is 363. The summed E-state index contributed by atoms with van der Waals surface area (Å²) in [6.45, 7) is 2.09. The third kappa shape index (κ3) is 2.66. The highest BCUT2D eigenvalue weighted by Crippen LogP contribution is 2.37. The van der Waals surface area contributed by atoms with Crippen molar-refractivity contribution in [3.8, 4) is 5.75 Å². The highest BCUT2D eigenvalue weighted by Gasteiger charge is 2.34. The second kappa shape index (κ2) is 4.74. The van der Waals surface area contributed by atoms with E-state index in [0.717, 1.165) is 6.07 Å². The van der Waals surface area contributed by atoms with Crippen LogP contribution in [0.15, 0.2) is 18.2 Å². The minimum Gasteiger partial charge on any atom is -0.496 e. The third-order valence-corrected chi connectivity index (χ3v) is 2.45. The van der Waals surface area contributed by atoms with Crippen molar-refractivity contribution < 1.29 is 17.9 Å². The number of alkyl halides is 3. The second-order valence-corrected chi connectivity index (χ2v) is 3.59. The van der Waals surface area contributed by atoms with Gasteiger partial charge in [0.15, 0.2) is 0 Å². The number of ether oxygens (including phenoxy) is 1. The van der Waals surface area contributed by atoms with E-state index in [4.69, 9.17) is 5.73 Å². The summed E-state index contributed by atoms with van der Waals surface area (Å²) in [5.74, 6) is -0.271. The minimum atomic E-state index is -4.41. The van der Waals surface area contributed by atoms with E-state index in [9.17, 15) is 13.2 Å². The van der Waals surface area contributed by atoms with Gasteiger partial charge in [0.2, 0.25) is 0 Å². The maximum atomic E-state index is 12.7. The summed E-state index contributed by atoms with van der Waals surface area (Å²) in [4.78, 5) is 0. The molecule has 0 saturated carbocycles. The van der Waals surface area contributed by atoms with Crippen LogP contribution in [-0.2, 0) is 6.18 Å². The molecule has 0 fully saturated rings. The Morgan fingerprint density at radius 2 is 2.00 bits per heavy atom. The smallest absolute Gasteiger partial charge is 0.419 e. The first-order valence-corrected chi connectivity index (χ1v) is 4.85. The van der Waals surface area contributed by atoms with E-state index in [-0.39, 0.29) is 11.7 Å². The van der Waals surface area contributed by atoms with Gasteiger partial charge >= 0.3 is 6.18 Å². The quantitative estimate of drug-likeness (QED) is 0.871. The number of hydrogen-bond acceptors (Lipinski definition) is 2. The van der Waals surface area contributed by atoms with Gasteiger partial charge in [-0.25, -0.2) is 0 Å². The average molecular weight is 233 g/mol. The van der Waals surface area contributed by atoms with Gasteiger partial charge in [-0.2, -0.15) is 13.2 Å². The Kier molecular flexibility index (Phi) is 3.80. The van der Waals surface area contributed by atoms with E-state index in [2.05, 4.69) is 4.74 Å². The Hall–Kier alpha value is -1.23. The summed E-state index contributed by atoms with van der Waals surface area (Å²) in [6, 6.07) is 4.02. The van der Waals surface area contributed by atoms with Crippen molar-refractivity contribution in [3.05, 3.63) is 29.3 Å².